The number of sulfonamides is 1. The van der Waals surface area contributed by atoms with Crippen molar-refractivity contribution in [3.8, 4) is 11.1 Å². The summed E-state index contributed by atoms with van der Waals surface area (Å²) in [6.45, 7) is 4.02. The number of hydrogen-bond donors (Lipinski definition) is 0. The molecule has 0 N–H and O–H groups in total. The fourth-order valence-electron chi connectivity index (χ4n) is 4.34. The fourth-order valence-corrected chi connectivity index (χ4v) is 5.72. The van der Waals surface area contributed by atoms with E-state index >= 15 is 0 Å². The fraction of sp³-hybridized carbons (Fsp3) is 0.219. The van der Waals surface area contributed by atoms with Crippen molar-refractivity contribution in [1.29, 1.82) is 0 Å². The van der Waals surface area contributed by atoms with Gasteiger partial charge in [-0.05, 0) is 61.1 Å². The third kappa shape index (κ3) is 7.88. The number of carbonyl (C=O) groups excluding carboxylic acids is 1. The van der Waals surface area contributed by atoms with Crippen LogP contribution in [-0.4, -0.2) is 36.0 Å². The Kier molecular flexibility index (Phi) is 9.52. The molecule has 10 heteroatoms. The van der Waals surface area contributed by atoms with Crippen molar-refractivity contribution >= 4 is 21.7 Å². The second kappa shape index (κ2) is 13.1. The highest BCUT2D eigenvalue weighted by molar-refractivity contribution is 7.89. The van der Waals surface area contributed by atoms with Gasteiger partial charge in [0.25, 0.3) is 15.7 Å². The second-order valence-corrected chi connectivity index (χ2v) is 12.4. The number of nitro groups is 1. The van der Waals surface area contributed by atoms with Crippen LogP contribution in [0.15, 0.2) is 108 Å². The molecule has 0 saturated carbocycles. The highest BCUT2D eigenvalue weighted by atomic mass is 32.2. The SMILES string of the molecule is CC(C)(C)OC(=O)CON(Cc1ccc(Cc2ccccc2-c2ccccc2)cc1)S(=O)(=O)c1ccccc1[N+](=O)[O-]. The molecule has 42 heavy (non-hydrogen) atoms. The van der Waals surface area contributed by atoms with Crippen LogP contribution in [0.2, 0.25) is 0 Å². The van der Waals surface area contributed by atoms with Gasteiger partial charge in [0, 0.05) is 6.07 Å². The van der Waals surface area contributed by atoms with E-state index in [4.69, 9.17) is 9.57 Å². The average molecular weight is 589 g/mol. The van der Waals surface area contributed by atoms with E-state index in [1.165, 1.54) is 12.1 Å². The highest BCUT2D eigenvalue weighted by Crippen LogP contribution is 2.29. The first-order valence-electron chi connectivity index (χ1n) is 13.3. The molecule has 0 atom stereocenters. The first-order chi connectivity index (χ1) is 19.9. The summed E-state index contributed by atoms with van der Waals surface area (Å²) in [5.74, 6) is -0.780. The Labute approximate surface area is 245 Å². The topological polar surface area (TPSA) is 116 Å². The van der Waals surface area contributed by atoms with E-state index in [0.717, 1.165) is 34.4 Å². The number of nitro benzene ring substituents is 1. The number of ether oxygens (including phenoxy) is 1. The molecule has 0 fully saturated rings. The number of rotatable bonds is 11. The summed E-state index contributed by atoms with van der Waals surface area (Å²) in [5, 5.41) is 11.6. The summed E-state index contributed by atoms with van der Waals surface area (Å²) in [5.41, 5.74) is 3.53. The lowest BCUT2D eigenvalue weighted by Gasteiger charge is -2.23. The van der Waals surface area contributed by atoms with Gasteiger partial charge < -0.3 is 4.74 Å². The normalized spacial score (nSPS) is 11.8. The molecule has 0 aliphatic heterocycles. The van der Waals surface area contributed by atoms with Crippen LogP contribution in [0.25, 0.3) is 11.1 Å². The minimum absolute atomic E-state index is 0.294. The van der Waals surface area contributed by atoms with Crippen LogP contribution in [0, 0.1) is 10.1 Å². The zero-order valence-corrected chi connectivity index (χ0v) is 24.4. The van der Waals surface area contributed by atoms with Crippen molar-refractivity contribution in [2.45, 2.75) is 44.2 Å². The Balaban J connectivity index is 1.58. The van der Waals surface area contributed by atoms with Crippen LogP contribution in [0.3, 0.4) is 0 Å². The summed E-state index contributed by atoms with van der Waals surface area (Å²) in [6, 6.07) is 30.5. The van der Waals surface area contributed by atoms with E-state index in [9.17, 15) is 23.3 Å². The maximum Gasteiger partial charge on any atom is 0.334 e. The van der Waals surface area contributed by atoms with Gasteiger partial charge in [0.15, 0.2) is 11.5 Å². The van der Waals surface area contributed by atoms with Crippen molar-refractivity contribution in [3.63, 3.8) is 0 Å². The van der Waals surface area contributed by atoms with Crippen molar-refractivity contribution < 1.29 is 27.7 Å². The molecule has 0 spiro atoms. The zero-order valence-electron chi connectivity index (χ0n) is 23.6. The Morgan fingerprint density at radius 3 is 2.10 bits per heavy atom. The number of nitrogens with zero attached hydrogens (tertiary/aromatic N) is 2. The number of hydroxylamine groups is 1. The van der Waals surface area contributed by atoms with E-state index in [1.54, 1.807) is 32.9 Å². The van der Waals surface area contributed by atoms with Gasteiger partial charge in [-0.3, -0.25) is 15.0 Å². The van der Waals surface area contributed by atoms with Crippen molar-refractivity contribution in [2.75, 3.05) is 6.61 Å². The van der Waals surface area contributed by atoms with Crippen LogP contribution < -0.4 is 0 Å². The van der Waals surface area contributed by atoms with Crippen molar-refractivity contribution in [1.82, 2.24) is 4.47 Å². The summed E-state index contributed by atoms with van der Waals surface area (Å²) in [7, 11) is -4.55. The molecule has 9 nitrogen and oxygen atoms in total. The lowest BCUT2D eigenvalue weighted by atomic mass is 9.95. The zero-order chi connectivity index (χ0) is 30.3. The van der Waals surface area contributed by atoms with E-state index in [2.05, 4.69) is 24.3 Å². The monoisotopic (exact) mass is 588 g/mol. The molecule has 0 aliphatic carbocycles. The molecule has 218 valence electrons. The molecule has 0 bridgehead atoms. The van der Waals surface area contributed by atoms with E-state index < -0.39 is 43.7 Å². The molecule has 4 aromatic rings. The van der Waals surface area contributed by atoms with Gasteiger partial charge in [-0.25, -0.2) is 13.2 Å². The largest absolute Gasteiger partial charge is 0.458 e. The molecule has 0 heterocycles. The number of carbonyl (C=O) groups is 1. The molecule has 4 aromatic carbocycles. The molecule has 0 amide bonds. The minimum Gasteiger partial charge on any atom is -0.458 e. The third-order valence-corrected chi connectivity index (χ3v) is 7.86. The second-order valence-electron chi connectivity index (χ2n) is 10.6. The van der Waals surface area contributed by atoms with Gasteiger partial charge in [0.2, 0.25) is 0 Å². The Bertz CT molecular complexity index is 1650. The van der Waals surface area contributed by atoms with Gasteiger partial charge in [-0.2, -0.15) is 0 Å². The van der Waals surface area contributed by atoms with Gasteiger partial charge >= 0.3 is 5.97 Å². The molecule has 0 radical (unpaired) electrons. The minimum atomic E-state index is -4.55. The van der Waals surface area contributed by atoms with Gasteiger partial charge in [-0.1, -0.05) is 95.5 Å². The highest BCUT2D eigenvalue weighted by Gasteiger charge is 2.33. The first-order valence-corrected chi connectivity index (χ1v) is 14.7. The molecule has 0 aliphatic rings. The molecule has 4 rings (SSSR count). The summed E-state index contributed by atoms with van der Waals surface area (Å²) in [6.07, 6.45) is 0.652. The Hall–Kier alpha value is -4.38. The van der Waals surface area contributed by atoms with E-state index in [1.807, 2.05) is 42.5 Å². The van der Waals surface area contributed by atoms with E-state index in [0.29, 0.717) is 16.5 Å². The standard InChI is InChI=1S/C32H32N2O7S/c1-32(2,3)41-31(35)23-40-33(42(38,39)30-16-10-9-15-29(30)34(36)37)22-25-19-17-24(18-20-25)21-27-13-7-8-14-28(27)26-11-5-4-6-12-26/h4-20H,21-23H2,1-3H3. The Morgan fingerprint density at radius 1 is 0.833 bits per heavy atom. The predicted molar refractivity (Wildman–Crippen MR) is 159 cm³/mol. The lowest BCUT2D eigenvalue weighted by molar-refractivity contribution is -0.387. The molecular weight excluding hydrogens is 556 g/mol. The maximum absolute atomic E-state index is 13.6. The number of hydrogen-bond acceptors (Lipinski definition) is 7. The smallest absolute Gasteiger partial charge is 0.334 e. The summed E-state index contributed by atoms with van der Waals surface area (Å²) >= 11 is 0. The first kappa shape index (κ1) is 30.6. The quantitative estimate of drug-likeness (QED) is 0.114. The van der Waals surface area contributed by atoms with Crippen LogP contribution in [-0.2, 0) is 37.4 Å². The summed E-state index contributed by atoms with van der Waals surface area (Å²) in [4.78, 5) is 28.0. The summed E-state index contributed by atoms with van der Waals surface area (Å²) < 4.78 is 33.0. The van der Waals surface area contributed by atoms with Gasteiger partial charge in [0.1, 0.15) is 5.60 Å². The van der Waals surface area contributed by atoms with Gasteiger partial charge in [0.05, 0.1) is 11.5 Å². The lowest BCUT2D eigenvalue weighted by Crippen LogP contribution is -2.35. The van der Waals surface area contributed by atoms with E-state index in [-0.39, 0.29) is 6.54 Å². The predicted octanol–water partition coefficient (Wildman–Crippen LogP) is 6.32. The number of para-hydroxylation sites is 1. The van der Waals surface area contributed by atoms with Crippen LogP contribution in [0.5, 0.6) is 0 Å². The van der Waals surface area contributed by atoms with Gasteiger partial charge in [-0.15, -0.1) is 0 Å². The molecular formula is C32H32N2O7S. The number of esters is 1. The Morgan fingerprint density at radius 2 is 1.43 bits per heavy atom. The molecule has 0 saturated heterocycles. The van der Waals surface area contributed by atoms with Crippen LogP contribution in [0.1, 0.15) is 37.5 Å². The maximum atomic E-state index is 13.6. The van der Waals surface area contributed by atoms with Crippen molar-refractivity contribution in [3.05, 3.63) is 130 Å². The van der Waals surface area contributed by atoms with Crippen LogP contribution in [0.4, 0.5) is 5.69 Å². The third-order valence-electron chi connectivity index (χ3n) is 6.19. The van der Waals surface area contributed by atoms with Crippen LogP contribution >= 0.6 is 0 Å². The van der Waals surface area contributed by atoms with Crippen molar-refractivity contribution in [2.24, 2.45) is 0 Å². The molecule has 0 aromatic heterocycles. The number of benzene rings is 4. The molecule has 0 unspecified atom stereocenters. The average Bonchev–Trinajstić information content (AvgIpc) is 2.96.